The van der Waals surface area contributed by atoms with Crippen molar-refractivity contribution >= 4 is 93.8 Å². The number of amides is 1. The van der Waals surface area contributed by atoms with Crippen molar-refractivity contribution in [3.8, 4) is 22.3 Å². The fourth-order valence-electron chi connectivity index (χ4n) is 14.0. The number of nitrogens with zero attached hydrogens (tertiary/aromatic N) is 3. The maximum atomic E-state index is 14.2. The minimum absolute atomic E-state index is 0.169. The number of carboxylic acid groups (broad SMARTS) is 1. The lowest BCUT2D eigenvalue weighted by Crippen LogP contribution is -2.42. The van der Waals surface area contributed by atoms with Crippen molar-refractivity contribution in [2.45, 2.75) is 83.9 Å². The molecule has 14 rings (SSSR count). The first-order chi connectivity index (χ1) is 35.9. The number of aryl methyl sites for hydroxylation is 1. The quantitative estimate of drug-likeness (QED) is 0.0794. The molecular weight excluding hydrogens is 911 g/mol. The summed E-state index contributed by atoms with van der Waals surface area (Å²) in [6.07, 6.45) is 3.70. The molecule has 7 nitrogen and oxygen atoms in total. The predicted octanol–water partition coefficient (Wildman–Crippen LogP) is 16.7. The maximum Gasteiger partial charge on any atom is 0.323 e. The molecular formula is C67H57N3O4. The van der Waals surface area contributed by atoms with Crippen LogP contribution in [0.1, 0.15) is 105 Å². The highest BCUT2D eigenvalue weighted by Crippen LogP contribution is 2.54. The normalized spacial score (nSPS) is 16.0. The molecule has 7 heteroatoms. The molecule has 0 saturated carbocycles. The molecule has 74 heavy (non-hydrogen) atoms. The van der Waals surface area contributed by atoms with Gasteiger partial charge in [-0.15, -0.1) is 0 Å². The second kappa shape index (κ2) is 16.0. The van der Waals surface area contributed by atoms with Crippen LogP contribution in [0.5, 0.6) is 0 Å². The van der Waals surface area contributed by atoms with Gasteiger partial charge in [-0.2, -0.15) is 0 Å². The third-order valence-electron chi connectivity index (χ3n) is 17.5. The number of carbonyl (C=O) groups is 2. The van der Waals surface area contributed by atoms with E-state index in [1.54, 1.807) is 7.11 Å². The van der Waals surface area contributed by atoms with Crippen molar-refractivity contribution in [1.29, 1.82) is 0 Å². The number of benzene rings is 10. The summed E-state index contributed by atoms with van der Waals surface area (Å²) in [4.78, 5) is 30.1. The molecule has 1 aromatic heterocycles. The smallest absolute Gasteiger partial charge is 0.323 e. The minimum Gasteiger partial charge on any atom is -0.480 e. The number of hydrogen-bond donors (Lipinski definition) is 1. The van der Waals surface area contributed by atoms with Crippen molar-refractivity contribution in [3.05, 3.63) is 185 Å². The van der Waals surface area contributed by atoms with Crippen LogP contribution in [0.3, 0.4) is 0 Å². The average Bonchev–Trinajstić information content (AvgIpc) is 4.01. The Kier molecular flexibility index (Phi) is 9.66. The first kappa shape index (κ1) is 44.7. The molecule has 0 fully saturated rings. The molecule has 0 radical (unpaired) electrons. The van der Waals surface area contributed by atoms with E-state index in [1.807, 2.05) is 12.1 Å². The third kappa shape index (κ3) is 6.04. The molecule has 3 aliphatic rings. The van der Waals surface area contributed by atoms with Crippen LogP contribution >= 0.6 is 0 Å². The Hall–Kier alpha value is -8.00. The fraction of sp³-hybridized carbons (Fsp3) is 0.224. The first-order valence-electron chi connectivity index (χ1n) is 26.4. The number of aromatic nitrogens is 1. The molecule has 1 N–H and O–H groups in total. The van der Waals surface area contributed by atoms with E-state index < -0.39 is 18.7 Å². The molecule has 2 heterocycles. The van der Waals surface area contributed by atoms with Crippen LogP contribution in [-0.4, -0.2) is 40.1 Å². The largest absolute Gasteiger partial charge is 0.480 e. The summed E-state index contributed by atoms with van der Waals surface area (Å²) < 4.78 is 8.53. The number of unbranched alkanes of at least 4 members (excludes halogenated alkanes) is 3. The molecule has 0 spiro atoms. The van der Waals surface area contributed by atoms with E-state index >= 15 is 0 Å². The van der Waals surface area contributed by atoms with E-state index in [2.05, 4.69) is 184 Å². The monoisotopic (exact) mass is 967 g/mol. The Labute approximate surface area is 430 Å². The molecule has 11 aromatic rings. The van der Waals surface area contributed by atoms with Crippen LogP contribution in [0.15, 0.2) is 152 Å². The lowest BCUT2D eigenvalue weighted by atomic mass is 9.82. The Bertz CT molecular complexity index is 4130. The van der Waals surface area contributed by atoms with Crippen molar-refractivity contribution in [2.75, 3.05) is 18.6 Å². The number of anilines is 3. The van der Waals surface area contributed by atoms with Gasteiger partial charge in [0.05, 0.1) is 11.0 Å². The van der Waals surface area contributed by atoms with Gasteiger partial charge in [0.15, 0.2) is 6.23 Å². The lowest BCUT2D eigenvalue weighted by molar-refractivity contribution is -0.140. The second-order valence-corrected chi connectivity index (χ2v) is 22.1. The van der Waals surface area contributed by atoms with E-state index in [0.717, 1.165) is 80.8 Å². The summed E-state index contributed by atoms with van der Waals surface area (Å²) >= 11 is 0. The van der Waals surface area contributed by atoms with Gasteiger partial charge in [0.1, 0.15) is 6.54 Å². The number of ether oxygens (including phenoxy) is 1. The van der Waals surface area contributed by atoms with Gasteiger partial charge in [-0.3, -0.25) is 14.5 Å². The van der Waals surface area contributed by atoms with Crippen molar-refractivity contribution < 1.29 is 19.4 Å². The number of carboxylic acids is 1. The molecule has 1 atom stereocenters. The van der Waals surface area contributed by atoms with Gasteiger partial charge in [0, 0.05) is 68.8 Å². The van der Waals surface area contributed by atoms with Crippen molar-refractivity contribution in [1.82, 2.24) is 9.47 Å². The molecule has 10 aromatic carbocycles. The second-order valence-electron chi connectivity index (χ2n) is 22.1. The number of hydrogen-bond acceptors (Lipinski definition) is 4. The van der Waals surface area contributed by atoms with Crippen LogP contribution in [0.4, 0.5) is 17.1 Å². The zero-order valence-electron chi connectivity index (χ0n) is 42.8. The summed E-state index contributed by atoms with van der Waals surface area (Å²) in [6.45, 7) is 12.1. The van der Waals surface area contributed by atoms with Gasteiger partial charge < -0.3 is 19.3 Å². The zero-order chi connectivity index (χ0) is 50.5. The van der Waals surface area contributed by atoms with E-state index in [-0.39, 0.29) is 16.7 Å². The number of fused-ring (bicyclic) bond motifs is 12. The summed E-state index contributed by atoms with van der Waals surface area (Å²) in [5.41, 5.74) is 17.3. The summed E-state index contributed by atoms with van der Waals surface area (Å²) in [5, 5.41) is 21.0. The topological polar surface area (TPSA) is 75.0 Å². The SMILES string of the molecule is CCCCCCn1c2cc(N(c3ccc4c(c3)C(C)(C)c3ccccc3-4)c3ccc4c(c3)C(C)(C)c3ccccc3-4)ccc2c2c3cccc4c5ccc6c7c(ccc(c(cc21)c43)c75)C(=O)N(CC(=O)O)C6OC. The lowest BCUT2D eigenvalue weighted by Gasteiger charge is -2.35. The summed E-state index contributed by atoms with van der Waals surface area (Å²) in [6, 6.07) is 56.4. The fourth-order valence-corrected chi connectivity index (χ4v) is 14.0. The average molecular weight is 968 g/mol. The molecule has 364 valence electrons. The van der Waals surface area contributed by atoms with Gasteiger partial charge in [-0.05, 0) is 137 Å². The highest BCUT2D eigenvalue weighted by atomic mass is 16.5. The summed E-state index contributed by atoms with van der Waals surface area (Å²) in [7, 11) is 1.54. The van der Waals surface area contributed by atoms with Crippen molar-refractivity contribution in [2.24, 2.45) is 0 Å². The number of rotatable bonds is 11. The van der Waals surface area contributed by atoms with Crippen molar-refractivity contribution in [3.63, 3.8) is 0 Å². The zero-order valence-corrected chi connectivity index (χ0v) is 42.8. The van der Waals surface area contributed by atoms with Gasteiger partial charge in [0.2, 0.25) is 0 Å². The Balaban J connectivity index is 1.02. The van der Waals surface area contributed by atoms with E-state index in [9.17, 15) is 14.7 Å². The molecule has 0 saturated heterocycles. The van der Waals surface area contributed by atoms with E-state index in [1.165, 1.54) is 88.4 Å². The summed E-state index contributed by atoms with van der Waals surface area (Å²) in [5.74, 6) is -1.42. The number of aliphatic carboxylic acids is 1. The number of methoxy groups -OCH3 is 1. The van der Waals surface area contributed by atoms with Gasteiger partial charge >= 0.3 is 5.97 Å². The van der Waals surface area contributed by atoms with Gasteiger partial charge in [0.25, 0.3) is 5.91 Å². The molecule has 2 aliphatic carbocycles. The van der Waals surface area contributed by atoms with Gasteiger partial charge in [-0.25, -0.2) is 0 Å². The van der Waals surface area contributed by atoms with Crippen LogP contribution in [-0.2, 0) is 26.9 Å². The molecule has 1 amide bonds. The Morgan fingerprint density at radius 3 is 1.77 bits per heavy atom. The maximum absolute atomic E-state index is 14.2. The van der Waals surface area contributed by atoms with E-state index in [4.69, 9.17) is 4.74 Å². The third-order valence-corrected chi connectivity index (χ3v) is 17.5. The predicted molar refractivity (Wildman–Crippen MR) is 303 cm³/mol. The van der Waals surface area contributed by atoms with Crippen LogP contribution in [0, 0.1) is 0 Å². The highest BCUT2D eigenvalue weighted by molar-refractivity contribution is 6.39. The highest BCUT2D eigenvalue weighted by Gasteiger charge is 2.39. The van der Waals surface area contributed by atoms with Crippen LogP contribution < -0.4 is 4.90 Å². The Morgan fingerprint density at radius 1 is 0.541 bits per heavy atom. The van der Waals surface area contributed by atoms with Crippen LogP contribution in [0.2, 0.25) is 0 Å². The Morgan fingerprint density at radius 2 is 1.11 bits per heavy atom. The minimum atomic E-state index is -1.08. The first-order valence-corrected chi connectivity index (χ1v) is 26.4. The van der Waals surface area contributed by atoms with Crippen LogP contribution in [0.25, 0.3) is 87.1 Å². The molecule has 1 aliphatic heterocycles. The molecule has 0 bridgehead atoms. The van der Waals surface area contributed by atoms with E-state index in [0.29, 0.717) is 5.56 Å². The standard InChI is InChI=1S/C67H57N3O4/c1-7-8-9-14-32-68-57-35-40(70(38-22-25-43-41-16-10-12-20-53(41)66(2,3)55(43)33-38)39-23-26-44-42-17-11-13-21-54(42)67(4,5)56(44)34-39)24-27-48(57)61-49-19-15-18-45-46-29-31-51-63-50(64(73)69(37-59(71)72)65(51)74-6)30-28-47(62(46)63)52(60(45)49)36-58(61)68/h10-13,15-31,33-36,65H,7-9,14,32,37H2,1-6H3,(H,71,72). The number of carbonyl (C=O) groups excluding carboxylic acids is 1. The van der Waals surface area contributed by atoms with Gasteiger partial charge in [-0.1, -0.05) is 157 Å². The molecule has 1 unspecified atom stereocenters.